The number of anilines is 2. The largest absolute Gasteiger partial charge is 0.495 e. The Morgan fingerprint density at radius 1 is 0.944 bits per heavy atom. The van der Waals surface area contributed by atoms with Gasteiger partial charge in [-0.25, -0.2) is 0 Å². The normalized spacial score (nSPS) is 16.6. The maximum Gasteiger partial charge on any atom is 0.294 e. The number of hydrogen-bond donors (Lipinski definition) is 0. The predicted octanol–water partition coefficient (Wildman–Crippen LogP) is 4.57. The Balaban J connectivity index is 1.32. The van der Waals surface area contributed by atoms with Crippen molar-refractivity contribution < 1.29 is 19.1 Å². The van der Waals surface area contributed by atoms with Gasteiger partial charge in [-0.3, -0.25) is 14.5 Å². The van der Waals surface area contributed by atoms with Crippen molar-refractivity contribution in [3.63, 3.8) is 0 Å². The van der Waals surface area contributed by atoms with E-state index < -0.39 is 0 Å². The molecule has 7 nitrogen and oxygen atoms in total. The van der Waals surface area contributed by atoms with Crippen LogP contribution in [-0.4, -0.2) is 56.5 Å². The Bertz CT molecular complexity index is 1320. The van der Waals surface area contributed by atoms with Crippen LogP contribution in [0.5, 0.6) is 11.5 Å². The first-order valence-electron chi connectivity index (χ1n) is 11.8. The summed E-state index contributed by atoms with van der Waals surface area (Å²) >= 11 is 3.52. The average molecular weight is 548 g/mol. The Morgan fingerprint density at radius 2 is 1.61 bits per heavy atom. The van der Waals surface area contributed by atoms with Crippen LogP contribution in [0, 0.1) is 0 Å². The second-order valence-electron chi connectivity index (χ2n) is 8.53. The highest BCUT2D eigenvalue weighted by molar-refractivity contribution is 9.10. The third-order valence-electron chi connectivity index (χ3n) is 6.38. The van der Waals surface area contributed by atoms with E-state index in [4.69, 9.17) is 9.47 Å². The van der Waals surface area contributed by atoms with E-state index in [-0.39, 0.29) is 24.1 Å². The lowest BCUT2D eigenvalue weighted by molar-refractivity contribution is -0.131. The van der Waals surface area contributed by atoms with Gasteiger partial charge < -0.3 is 19.3 Å². The van der Waals surface area contributed by atoms with Crippen molar-refractivity contribution in [2.75, 3.05) is 49.6 Å². The minimum absolute atomic E-state index is 0.0544. The van der Waals surface area contributed by atoms with E-state index in [0.29, 0.717) is 37.6 Å². The molecule has 3 aromatic carbocycles. The minimum Gasteiger partial charge on any atom is -0.495 e. The summed E-state index contributed by atoms with van der Waals surface area (Å²) in [6.45, 7) is 2.45. The third kappa shape index (κ3) is 4.81. The number of rotatable bonds is 5. The van der Waals surface area contributed by atoms with Gasteiger partial charge in [0.1, 0.15) is 12.3 Å². The Morgan fingerprint density at radius 3 is 2.36 bits per heavy atom. The smallest absolute Gasteiger partial charge is 0.294 e. The van der Waals surface area contributed by atoms with Crippen molar-refractivity contribution in [3.8, 4) is 11.5 Å². The molecule has 2 heterocycles. The third-order valence-corrected chi connectivity index (χ3v) is 7.10. The zero-order valence-corrected chi connectivity index (χ0v) is 21.5. The molecule has 0 aromatic heterocycles. The van der Waals surface area contributed by atoms with Crippen molar-refractivity contribution in [1.29, 1.82) is 0 Å². The Labute approximate surface area is 218 Å². The monoisotopic (exact) mass is 547 g/mol. The van der Waals surface area contributed by atoms with Gasteiger partial charge in [0.15, 0.2) is 11.5 Å². The van der Waals surface area contributed by atoms with E-state index in [0.717, 1.165) is 21.5 Å². The molecule has 0 atom stereocenters. The second kappa shape index (κ2) is 10.5. The van der Waals surface area contributed by atoms with Gasteiger partial charge in [-0.15, -0.1) is 0 Å². The summed E-state index contributed by atoms with van der Waals surface area (Å²) in [7, 11) is 1.66. The molecule has 5 rings (SSSR count). The number of methoxy groups -OCH3 is 1. The van der Waals surface area contributed by atoms with Crippen molar-refractivity contribution in [3.05, 3.63) is 88.6 Å². The molecule has 2 aliphatic rings. The number of carbonyl (C=O) groups is 2. The number of para-hydroxylation sites is 4. The van der Waals surface area contributed by atoms with Gasteiger partial charge >= 0.3 is 0 Å². The zero-order valence-electron chi connectivity index (χ0n) is 19.9. The molecule has 36 heavy (non-hydrogen) atoms. The van der Waals surface area contributed by atoms with Crippen LogP contribution in [0.3, 0.4) is 0 Å². The maximum absolute atomic E-state index is 13.5. The molecule has 2 aliphatic heterocycles. The van der Waals surface area contributed by atoms with Crippen LogP contribution in [-0.2, 0) is 9.59 Å². The number of piperazine rings is 1. The molecular weight excluding hydrogens is 522 g/mol. The lowest BCUT2D eigenvalue weighted by Crippen LogP contribution is -2.52. The van der Waals surface area contributed by atoms with Crippen molar-refractivity contribution in [2.45, 2.75) is 0 Å². The van der Waals surface area contributed by atoms with Crippen molar-refractivity contribution in [2.24, 2.45) is 0 Å². The predicted molar refractivity (Wildman–Crippen MR) is 143 cm³/mol. The summed E-state index contributed by atoms with van der Waals surface area (Å²) in [5.41, 5.74) is 2.43. The number of ether oxygens (including phenoxy) is 2. The van der Waals surface area contributed by atoms with E-state index in [1.54, 1.807) is 25.3 Å². The molecule has 0 spiro atoms. The number of nitrogens with zero attached hydrogens (tertiary/aromatic N) is 3. The lowest BCUT2D eigenvalue weighted by Gasteiger charge is -2.38. The molecule has 3 aromatic rings. The highest BCUT2D eigenvalue weighted by Crippen LogP contribution is 2.36. The van der Waals surface area contributed by atoms with Crippen molar-refractivity contribution in [1.82, 2.24) is 4.90 Å². The van der Waals surface area contributed by atoms with E-state index >= 15 is 0 Å². The van der Waals surface area contributed by atoms with Gasteiger partial charge in [0, 0.05) is 30.7 Å². The molecule has 8 heteroatoms. The standard InChI is InChI=1S/C28H26BrN3O4/c1-35-24-12-6-4-10-22(24)30-14-16-31(17-15-30)27(33)19-32-23-11-5-7-13-25(23)36-26(28(32)34)18-20-8-2-3-9-21(20)29/h2-13,18H,14-17,19H2,1H3/b26-18+. The van der Waals surface area contributed by atoms with Gasteiger partial charge in [0.25, 0.3) is 5.91 Å². The minimum atomic E-state index is -0.342. The average Bonchev–Trinajstić information content (AvgIpc) is 2.92. The number of carbonyl (C=O) groups excluding carboxylic acids is 2. The van der Waals surface area contributed by atoms with E-state index in [1.807, 2.05) is 65.6 Å². The fourth-order valence-corrected chi connectivity index (χ4v) is 4.87. The quantitative estimate of drug-likeness (QED) is 0.438. The van der Waals surface area contributed by atoms with Crippen LogP contribution in [0.1, 0.15) is 5.56 Å². The summed E-state index contributed by atoms with van der Waals surface area (Å²) in [6.07, 6.45) is 1.70. The summed E-state index contributed by atoms with van der Waals surface area (Å²) in [5.74, 6) is 1.10. The molecular formula is C28H26BrN3O4. The Kier molecular flexibility index (Phi) is 6.95. The van der Waals surface area contributed by atoms with E-state index in [9.17, 15) is 9.59 Å². The summed E-state index contributed by atoms with van der Waals surface area (Å²) < 4.78 is 12.3. The molecule has 0 aliphatic carbocycles. The molecule has 1 saturated heterocycles. The number of hydrogen-bond acceptors (Lipinski definition) is 5. The highest BCUT2D eigenvalue weighted by Gasteiger charge is 2.33. The molecule has 0 radical (unpaired) electrons. The van der Waals surface area contributed by atoms with Gasteiger partial charge in [-0.1, -0.05) is 58.4 Å². The molecule has 0 N–H and O–H groups in total. The summed E-state index contributed by atoms with van der Waals surface area (Å²) in [5, 5.41) is 0. The first-order valence-corrected chi connectivity index (χ1v) is 12.5. The molecule has 184 valence electrons. The Hall–Kier alpha value is -3.78. The number of benzene rings is 3. The molecule has 1 fully saturated rings. The first-order chi connectivity index (χ1) is 17.5. The summed E-state index contributed by atoms with van der Waals surface area (Å²) in [4.78, 5) is 32.3. The summed E-state index contributed by atoms with van der Waals surface area (Å²) in [6, 6.07) is 22.8. The van der Waals surface area contributed by atoms with Gasteiger partial charge in [-0.05, 0) is 42.0 Å². The number of halogens is 1. The van der Waals surface area contributed by atoms with Crippen LogP contribution in [0.15, 0.2) is 83.0 Å². The molecule has 2 amide bonds. The van der Waals surface area contributed by atoms with Crippen LogP contribution < -0.4 is 19.3 Å². The van der Waals surface area contributed by atoms with Gasteiger partial charge in [0.05, 0.1) is 18.5 Å². The molecule has 0 saturated carbocycles. The zero-order chi connectivity index (χ0) is 25.1. The van der Waals surface area contributed by atoms with Crippen LogP contribution in [0.2, 0.25) is 0 Å². The highest BCUT2D eigenvalue weighted by atomic mass is 79.9. The van der Waals surface area contributed by atoms with Crippen molar-refractivity contribution >= 4 is 45.2 Å². The fraction of sp³-hybridized carbons (Fsp3) is 0.214. The molecule has 0 unspecified atom stereocenters. The SMILES string of the molecule is COc1ccccc1N1CCN(C(=O)CN2C(=O)/C(=C\c3ccccc3Br)Oc3ccccc32)CC1. The van der Waals surface area contributed by atoms with Gasteiger partial charge in [-0.2, -0.15) is 0 Å². The number of fused-ring (bicyclic) bond motifs is 1. The fourth-order valence-electron chi connectivity index (χ4n) is 4.48. The van der Waals surface area contributed by atoms with Gasteiger partial charge in [0.2, 0.25) is 5.91 Å². The second-order valence-corrected chi connectivity index (χ2v) is 9.39. The van der Waals surface area contributed by atoms with Crippen LogP contribution in [0.4, 0.5) is 11.4 Å². The van der Waals surface area contributed by atoms with Crippen LogP contribution in [0.25, 0.3) is 6.08 Å². The van der Waals surface area contributed by atoms with E-state index in [1.165, 1.54) is 4.90 Å². The lowest BCUT2D eigenvalue weighted by atomic mass is 10.1. The topological polar surface area (TPSA) is 62.3 Å². The maximum atomic E-state index is 13.5. The number of amides is 2. The molecule has 0 bridgehead atoms. The van der Waals surface area contributed by atoms with E-state index in [2.05, 4.69) is 20.8 Å². The van der Waals surface area contributed by atoms with Crippen LogP contribution >= 0.6 is 15.9 Å². The first kappa shape index (κ1) is 23.9.